The molecule has 1 amide bonds. The zero-order valence-electron chi connectivity index (χ0n) is 12.6. The van der Waals surface area contributed by atoms with Gasteiger partial charge in [0.25, 0.3) is 0 Å². The van der Waals surface area contributed by atoms with Gasteiger partial charge in [-0.15, -0.1) is 10.2 Å². The molecular formula is C18H15N3OS. The molecule has 0 radical (unpaired) electrons. The number of hydrogen-bond acceptors (Lipinski definition) is 4. The number of anilines is 1. The second-order valence-electron chi connectivity index (χ2n) is 4.96. The predicted octanol–water partition coefficient (Wildman–Crippen LogP) is 4.17. The van der Waals surface area contributed by atoms with Crippen molar-refractivity contribution in [1.82, 2.24) is 10.2 Å². The number of carbonyl (C=O) groups is 1. The van der Waals surface area contributed by atoms with Crippen LogP contribution in [0.15, 0.2) is 60.7 Å². The number of carbonyl (C=O) groups excluding carboxylic acids is 1. The lowest BCUT2D eigenvalue weighted by Gasteiger charge is -1.98. The summed E-state index contributed by atoms with van der Waals surface area (Å²) in [7, 11) is 0. The van der Waals surface area contributed by atoms with E-state index in [0.717, 1.165) is 21.7 Å². The van der Waals surface area contributed by atoms with Crippen molar-refractivity contribution in [2.45, 2.75) is 6.92 Å². The lowest BCUT2D eigenvalue weighted by atomic mass is 10.1. The van der Waals surface area contributed by atoms with E-state index in [1.165, 1.54) is 17.4 Å². The second-order valence-corrected chi connectivity index (χ2v) is 5.94. The molecule has 5 heteroatoms. The Kier molecular flexibility index (Phi) is 4.59. The summed E-state index contributed by atoms with van der Waals surface area (Å²) in [4.78, 5) is 12.0. The zero-order chi connectivity index (χ0) is 16.1. The highest BCUT2D eigenvalue weighted by Gasteiger charge is 2.07. The molecule has 3 aromatic rings. The molecule has 4 nitrogen and oxygen atoms in total. The second kappa shape index (κ2) is 6.98. The Balaban J connectivity index is 1.67. The smallest absolute Gasteiger partial charge is 0.250 e. The Labute approximate surface area is 138 Å². The van der Waals surface area contributed by atoms with Gasteiger partial charge in [-0.2, -0.15) is 0 Å². The van der Waals surface area contributed by atoms with Gasteiger partial charge < -0.3 is 0 Å². The third-order valence-electron chi connectivity index (χ3n) is 3.28. The first kappa shape index (κ1) is 15.1. The van der Waals surface area contributed by atoms with Gasteiger partial charge in [0.2, 0.25) is 11.0 Å². The van der Waals surface area contributed by atoms with Crippen LogP contribution in [-0.2, 0) is 4.79 Å². The van der Waals surface area contributed by atoms with Crippen molar-refractivity contribution in [2.75, 3.05) is 5.32 Å². The van der Waals surface area contributed by atoms with Crippen LogP contribution in [0.1, 0.15) is 11.1 Å². The van der Waals surface area contributed by atoms with Crippen molar-refractivity contribution in [3.05, 3.63) is 71.8 Å². The fourth-order valence-electron chi connectivity index (χ4n) is 2.06. The molecule has 0 aliphatic heterocycles. The van der Waals surface area contributed by atoms with Gasteiger partial charge in [-0.3, -0.25) is 10.1 Å². The third kappa shape index (κ3) is 3.90. The summed E-state index contributed by atoms with van der Waals surface area (Å²) in [5.41, 5.74) is 3.13. The maximum absolute atomic E-state index is 12.0. The third-order valence-corrected chi connectivity index (χ3v) is 4.17. The quantitative estimate of drug-likeness (QED) is 0.734. The van der Waals surface area contributed by atoms with Gasteiger partial charge in [-0.1, -0.05) is 65.9 Å². The molecule has 0 aliphatic rings. The normalized spacial score (nSPS) is 10.8. The van der Waals surface area contributed by atoms with E-state index in [1.54, 1.807) is 6.08 Å². The van der Waals surface area contributed by atoms with Crippen LogP contribution in [0.5, 0.6) is 0 Å². The Hall–Kier alpha value is -2.79. The van der Waals surface area contributed by atoms with Crippen LogP contribution >= 0.6 is 11.3 Å². The lowest BCUT2D eigenvalue weighted by Crippen LogP contribution is -2.07. The molecule has 1 aromatic heterocycles. The van der Waals surface area contributed by atoms with Crippen molar-refractivity contribution < 1.29 is 4.79 Å². The van der Waals surface area contributed by atoms with E-state index < -0.39 is 0 Å². The number of hydrogen-bond donors (Lipinski definition) is 1. The van der Waals surface area contributed by atoms with Gasteiger partial charge in [0.15, 0.2) is 0 Å². The largest absolute Gasteiger partial charge is 0.297 e. The van der Waals surface area contributed by atoms with Crippen LogP contribution in [0.25, 0.3) is 16.6 Å². The number of amides is 1. The molecule has 0 saturated heterocycles. The van der Waals surface area contributed by atoms with Gasteiger partial charge >= 0.3 is 0 Å². The molecule has 1 N–H and O–H groups in total. The first-order valence-corrected chi connectivity index (χ1v) is 7.97. The first-order valence-electron chi connectivity index (χ1n) is 7.16. The topological polar surface area (TPSA) is 54.9 Å². The van der Waals surface area contributed by atoms with E-state index in [-0.39, 0.29) is 5.91 Å². The molecule has 114 valence electrons. The molecule has 0 spiro atoms. The summed E-state index contributed by atoms with van der Waals surface area (Å²) in [5, 5.41) is 12.1. The summed E-state index contributed by atoms with van der Waals surface area (Å²) in [6, 6.07) is 17.7. The molecule has 1 heterocycles. The summed E-state index contributed by atoms with van der Waals surface area (Å²) in [5.74, 6) is -0.219. The number of nitrogens with one attached hydrogen (secondary N) is 1. The Morgan fingerprint density at radius 1 is 1.04 bits per heavy atom. The summed E-state index contributed by atoms with van der Waals surface area (Å²) < 4.78 is 0. The maximum atomic E-state index is 12.0. The fourth-order valence-corrected chi connectivity index (χ4v) is 2.81. The Morgan fingerprint density at radius 3 is 2.57 bits per heavy atom. The highest BCUT2D eigenvalue weighted by molar-refractivity contribution is 7.18. The van der Waals surface area contributed by atoms with Gasteiger partial charge in [0.1, 0.15) is 5.01 Å². The van der Waals surface area contributed by atoms with Crippen molar-refractivity contribution >= 4 is 28.5 Å². The number of rotatable bonds is 4. The molecule has 3 rings (SSSR count). The number of aromatic nitrogens is 2. The Morgan fingerprint density at radius 2 is 1.78 bits per heavy atom. The average molecular weight is 321 g/mol. The van der Waals surface area contributed by atoms with Crippen molar-refractivity contribution in [3.63, 3.8) is 0 Å². The van der Waals surface area contributed by atoms with Gasteiger partial charge in [0, 0.05) is 11.6 Å². The van der Waals surface area contributed by atoms with Crippen LogP contribution in [0, 0.1) is 6.92 Å². The summed E-state index contributed by atoms with van der Waals surface area (Å²) >= 11 is 1.35. The summed E-state index contributed by atoms with van der Waals surface area (Å²) in [6.45, 7) is 2.01. The monoisotopic (exact) mass is 321 g/mol. The van der Waals surface area contributed by atoms with Crippen molar-refractivity contribution in [3.8, 4) is 10.6 Å². The SMILES string of the molecule is Cc1ccccc1/C=C/C(=O)Nc1nnc(-c2ccccc2)s1. The highest BCUT2D eigenvalue weighted by atomic mass is 32.1. The van der Waals surface area contributed by atoms with Crippen LogP contribution in [-0.4, -0.2) is 16.1 Å². The van der Waals surface area contributed by atoms with Crippen LogP contribution in [0.4, 0.5) is 5.13 Å². The maximum Gasteiger partial charge on any atom is 0.250 e. The molecule has 0 atom stereocenters. The van der Waals surface area contributed by atoms with Gasteiger partial charge in [0.05, 0.1) is 0 Å². The van der Waals surface area contributed by atoms with Gasteiger partial charge in [-0.05, 0) is 24.1 Å². The minimum atomic E-state index is -0.219. The number of benzene rings is 2. The molecule has 0 aliphatic carbocycles. The van der Waals surface area contributed by atoms with E-state index >= 15 is 0 Å². The molecule has 0 bridgehead atoms. The average Bonchev–Trinajstić information content (AvgIpc) is 3.03. The minimum absolute atomic E-state index is 0.219. The molecule has 0 saturated carbocycles. The van der Waals surface area contributed by atoms with Crippen LogP contribution in [0.3, 0.4) is 0 Å². The van der Waals surface area contributed by atoms with Gasteiger partial charge in [-0.25, -0.2) is 0 Å². The van der Waals surface area contributed by atoms with E-state index in [2.05, 4.69) is 15.5 Å². The molecule has 23 heavy (non-hydrogen) atoms. The standard InChI is InChI=1S/C18H15N3OS/c1-13-7-5-6-8-14(13)11-12-16(22)19-18-21-20-17(23-18)15-9-3-2-4-10-15/h2-12H,1H3,(H,19,21,22)/b12-11+. The van der Waals surface area contributed by atoms with Crippen LogP contribution < -0.4 is 5.32 Å². The molecule has 0 unspecified atom stereocenters. The minimum Gasteiger partial charge on any atom is -0.297 e. The molecule has 2 aromatic carbocycles. The van der Waals surface area contributed by atoms with Crippen LogP contribution in [0.2, 0.25) is 0 Å². The first-order chi connectivity index (χ1) is 11.2. The molecular weight excluding hydrogens is 306 g/mol. The fraction of sp³-hybridized carbons (Fsp3) is 0.0556. The van der Waals surface area contributed by atoms with E-state index in [0.29, 0.717) is 5.13 Å². The predicted molar refractivity (Wildman–Crippen MR) is 94.2 cm³/mol. The highest BCUT2D eigenvalue weighted by Crippen LogP contribution is 2.25. The van der Waals surface area contributed by atoms with E-state index in [4.69, 9.17) is 0 Å². The lowest BCUT2D eigenvalue weighted by molar-refractivity contribution is -0.111. The van der Waals surface area contributed by atoms with Crippen molar-refractivity contribution in [1.29, 1.82) is 0 Å². The number of aryl methyl sites for hydroxylation is 1. The summed E-state index contributed by atoms with van der Waals surface area (Å²) in [6.07, 6.45) is 3.30. The zero-order valence-corrected chi connectivity index (χ0v) is 13.4. The Bertz CT molecular complexity index is 840. The van der Waals surface area contributed by atoms with Crippen molar-refractivity contribution in [2.24, 2.45) is 0 Å². The molecule has 0 fully saturated rings. The van der Waals surface area contributed by atoms with E-state index in [9.17, 15) is 4.79 Å². The number of nitrogens with zero attached hydrogens (tertiary/aromatic N) is 2. The van der Waals surface area contributed by atoms with E-state index in [1.807, 2.05) is 61.5 Å².